The van der Waals surface area contributed by atoms with Crippen LogP contribution in [-0.4, -0.2) is 31.7 Å². The summed E-state index contributed by atoms with van der Waals surface area (Å²) in [4.78, 5) is 15.2. The van der Waals surface area contributed by atoms with Crippen molar-refractivity contribution in [2.45, 2.75) is 12.5 Å². The molecule has 0 aromatic heterocycles. The highest BCUT2D eigenvalue weighted by Crippen LogP contribution is 2.37. The number of hydrogen-bond acceptors (Lipinski definition) is 3. The zero-order valence-electron chi connectivity index (χ0n) is 16.9. The minimum absolute atomic E-state index is 0.187. The van der Waals surface area contributed by atoms with Crippen LogP contribution in [0.2, 0.25) is 5.02 Å². The van der Waals surface area contributed by atoms with Gasteiger partial charge in [-0.15, -0.1) is 0 Å². The van der Waals surface area contributed by atoms with Crippen LogP contribution in [0.3, 0.4) is 0 Å². The summed E-state index contributed by atoms with van der Waals surface area (Å²) in [5.41, 5.74) is 3.99. The van der Waals surface area contributed by atoms with Gasteiger partial charge in [0.2, 0.25) is 0 Å². The fourth-order valence-corrected chi connectivity index (χ4v) is 4.00. The lowest BCUT2D eigenvalue weighted by Gasteiger charge is -2.37. The highest BCUT2D eigenvalue weighted by Gasteiger charge is 2.32. The third-order valence-electron chi connectivity index (χ3n) is 5.38. The summed E-state index contributed by atoms with van der Waals surface area (Å²) >= 11 is 6.10. The van der Waals surface area contributed by atoms with Crippen molar-refractivity contribution in [3.63, 3.8) is 0 Å². The average Bonchev–Trinajstić information content (AvgIpc) is 2.79. The quantitative estimate of drug-likeness (QED) is 0.600. The zero-order valence-corrected chi connectivity index (χ0v) is 17.6. The van der Waals surface area contributed by atoms with E-state index in [9.17, 15) is 4.79 Å². The molecule has 4 rings (SSSR count). The van der Waals surface area contributed by atoms with Crippen LogP contribution in [0.5, 0.6) is 11.5 Å². The lowest BCUT2D eigenvalue weighted by atomic mass is 9.88. The monoisotopic (exact) mass is 422 g/mol. The van der Waals surface area contributed by atoms with Crippen molar-refractivity contribution in [3.05, 3.63) is 88.4 Å². The zero-order chi connectivity index (χ0) is 21.1. The van der Waals surface area contributed by atoms with Gasteiger partial charge in [-0.05, 0) is 47.4 Å². The molecule has 0 spiro atoms. The number of halogens is 1. The number of nitrogens with one attached hydrogen (secondary N) is 1. The molecule has 1 heterocycles. The van der Waals surface area contributed by atoms with Crippen molar-refractivity contribution in [2.24, 2.45) is 0 Å². The predicted molar refractivity (Wildman–Crippen MR) is 119 cm³/mol. The molecule has 0 aliphatic carbocycles. The second-order valence-corrected chi connectivity index (χ2v) is 7.53. The van der Waals surface area contributed by atoms with Gasteiger partial charge in [-0.1, -0.05) is 48.0 Å². The van der Waals surface area contributed by atoms with E-state index in [1.807, 2.05) is 41.3 Å². The van der Waals surface area contributed by atoms with Crippen LogP contribution in [0, 0.1) is 0 Å². The van der Waals surface area contributed by atoms with E-state index in [0.29, 0.717) is 28.8 Å². The van der Waals surface area contributed by atoms with Gasteiger partial charge in [0.1, 0.15) is 11.5 Å². The lowest BCUT2D eigenvalue weighted by molar-refractivity contribution is 0.194. The Hall–Kier alpha value is -3.18. The maximum absolute atomic E-state index is 13.4. The number of fused-ring (bicyclic) bond motifs is 1. The number of benzene rings is 3. The maximum Gasteiger partial charge on any atom is 0.322 e. The van der Waals surface area contributed by atoms with Crippen LogP contribution >= 0.6 is 11.6 Å². The standard InChI is InChI=1S/C24H23ClN2O3/c1-29-19-11-12-21(22(15-19)30-2)26-24(28)27-14-13-16-5-3-4-6-20(16)23(27)17-7-9-18(25)10-8-17/h3-12,15,23H,13-14H2,1-2H3,(H,26,28). The molecule has 0 bridgehead atoms. The molecule has 0 fully saturated rings. The fraction of sp³-hybridized carbons (Fsp3) is 0.208. The van der Waals surface area contributed by atoms with Crippen molar-refractivity contribution in [3.8, 4) is 11.5 Å². The van der Waals surface area contributed by atoms with E-state index < -0.39 is 0 Å². The van der Waals surface area contributed by atoms with Gasteiger partial charge >= 0.3 is 6.03 Å². The van der Waals surface area contributed by atoms with Crippen molar-refractivity contribution in [2.75, 3.05) is 26.1 Å². The van der Waals surface area contributed by atoms with E-state index >= 15 is 0 Å². The Morgan fingerprint density at radius 3 is 2.53 bits per heavy atom. The van der Waals surface area contributed by atoms with Gasteiger partial charge in [0.15, 0.2) is 0 Å². The van der Waals surface area contributed by atoms with Gasteiger partial charge in [-0.2, -0.15) is 0 Å². The third kappa shape index (κ3) is 3.94. The molecule has 1 unspecified atom stereocenters. The smallest absolute Gasteiger partial charge is 0.322 e. The van der Waals surface area contributed by atoms with Crippen LogP contribution in [0.15, 0.2) is 66.7 Å². The first-order valence-electron chi connectivity index (χ1n) is 9.73. The van der Waals surface area contributed by atoms with Crippen molar-refractivity contribution < 1.29 is 14.3 Å². The van der Waals surface area contributed by atoms with Gasteiger partial charge in [-0.25, -0.2) is 4.79 Å². The number of rotatable bonds is 4. The number of methoxy groups -OCH3 is 2. The molecule has 0 saturated heterocycles. The molecule has 30 heavy (non-hydrogen) atoms. The normalized spacial score (nSPS) is 15.3. The Bertz CT molecular complexity index is 1050. The average molecular weight is 423 g/mol. The van der Waals surface area contributed by atoms with Gasteiger partial charge in [-0.3, -0.25) is 0 Å². The number of amides is 2. The summed E-state index contributed by atoms with van der Waals surface area (Å²) in [5.74, 6) is 1.21. The van der Waals surface area contributed by atoms with Crippen LogP contribution in [0.4, 0.5) is 10.5 Å². The van der Waals surface area contributed by atoms with Crippen molar-refractivity contribution in [1.82, 2.24) is 4.90 Å². The largest absolute Gasteiger partial charge is 0.497 e. The van der Waals surface area contributed by atoms with E-state index in [1.54, 1.807) is 32.4 Å². The third-order valence-corrected chi connectivity index (χ3v) is 5.63. The molecule has 1 aliphatic rings. The Kier molecular flexibility index (Phi) is 5.81. The Balaban J connectivity index is 1.68. The molecule has 1 N–H and O–H groups in total. The van der Waals surface area contributed by atoms with E-state index in [4.69, 9.17) is 21.1 Å². The van der Waals surface area contributed by atoms with Gasteiger partial charge in [0, 0.05) is 17.6 Å². The van der Waals surface area contributed by atoms with Crippen molar-refractivity contribution >= 4 is 23.3 Å². The molecular formula is C24H23ClN2O3. The number of carbonyl (C=O) groups excluding carboxylic acids is 1. The molecule has 154 valence electrons. The Morgan fingerprint density at radius 1 is 1.03 bits per heavy atom. The number of carbonyl (C=O) groups is 1. The minimum atomic E-state index is -0.198. The van der Waals surface area contributed by atoms with Crippen molar-refractivity contribution in [1.29, 1.82) is 0 Å². The summed E-state index contributed by atoms with van der Waals surface area (Å²) < 4.78 is 10.7. The number of anilines is 1. The van der Waals surface area contributed by atoms with E-state index in [0.717, 1.165) is 17.5 Å². The minimum Gasteiger partial charge on any atom is -0.497 e. The molecule has 0 radical (unpaired) electrons. The molecule has 1 atom stereocenters. The summed E-state index contributed by atoms with van der Waals surface area (Å²) in [6.07, 6.45) is 0.799. The number of hydrogen-bond donors (Lipinski definition) is 1. The first-order valence-corrected chi connectivity index (χ1v) is 10.1. The molecular weight excluding hydrogens is 400 g/mol. The Labute approximate surface area is 181 Å². The predicted octanol–water partition coefficient (Wildman–Crippen LogP) is 5.54. The first kappa shape index (κ1) is 20.1. The molecule has 5 nitrogen and oxygen atoms in total. The Morgan fingerprint density at radius 2 is 1.80 bits per heavy atom. The highest BCUT2D eigenvalue weighted by atomic mass is 35.5. The highest BCUT2D eigenvalue weighted by molar-refractivity contribution is 6.30. The number of nitrogens with zero attached hydrogens (tertiary/aromatic N) is 1. The summed E-state index contributed by atoms with van der Waals surface area (Å²) in [5, 5.41) is 3.67. The van der Waals surface area contributed by atoms with E-state index in [2.05, 4.69) is 17.4 Å². The van der Waals surface area contributed by atoms with Crippen LogP contribution in [-0.2, 0) is 6.42 Å². The van der Waals surface area contributed by atoms with E-state index in [1.165, 1.54) is 5.56 Å². The fourth-order valence-electron chi connectivity index (χ4n) is 3.88. The SMILES string of the molecule is COc1ccc(NC(=O)N2CCc3ccccc3C2c2ccc(Cl)cc2)c(OC)c1. The van der Waals surface area contributed by atoms with Gasteiger partial charge < -0.3 is 19.7 Å². The lowest BCUT2D eigenvalue weighted by Crippen LogP contribution is -2.43. The molecule has 1 aliphatic heterocycles. The van der Waals surface area contributed by atoms with Gasteiger partial charge in [0.05, 0.1) is 25.9 Å². The number of urea groups is 1. The number of ether oxygens (including phenoxy) is 2. The van der Waals surface area contributed by atoms with Crippen LogP contribution < -0.4 is 14.8 Å². The first-order chi connectivity index (χ1) is 14.6. The second-order valence-electron chi connectivity index (χ2n) is 7.09. The molecule has 0 saturated carbocycles. The molecule has 2 amide bonds. The maximum atomic E-state index is 13.4. The van der Waals surface area contributed by atoms with Crippen LogP contribution in [0.25, 0.3) is 0 Å². The summed E-state index contributed by atoms with van der Waals surface area (Å²) in [6.45, 7) is 0.606. The summed E-state index contributed by atoms with van der Waals surface area (Å²) in [7, 11) is 3.16. The summed E-state index contributed by atoms with van der Waals surface area (Å²) in [6, 6.07) is 20.9. The molecule has 6 heteroatoms. The topological polar surface area (TPSA) is 50.8 Å². The molecule has 3 aromatic rings. The van der Waals surface area contributed by atoms with Gasteiger partial charge in [0.25, 0.3) is 0 Å². The molecule has 3 aromatic carbocycles. The van der Waals surface area contributed by atoms with Crippen LogP contribution in [0.1, 0.15) is 22.7 Å². The second kappa shape index (κ2) is 8.67. The van der Waals surface area contributed by atoms with E-state index in [-0.39, 0.29) is 12.1 Å².